The average Bonchev–Trinajstić information content (AvgIpc) is 2.57. The fraction of sp³-hybridized carbons (Fsp3) is 0.571. The Morgan fingerprint density at radius 3 is 2.75 bits per heavy atom. The second-order valence-electron chi connectivity index (χ2n) is 5.55. The highest BCUT2D eigenvalue weighted by Gasteiger charge is 2.39. The van der Waals surface area contributed by atoms with Gasteiger partial charge in [0.2, 0.25) is 0 Å². The van der Waals surface area contributed by atoms with Crippen molar-refractivity contribution in [1.29, 1.82) is 0 Å². The summed E-state index contributed by atoms with van der Waals surface area (Å²) in [5.41, 5.74) is 1.99. The lowest BCUT2D eigenvalue weighted by Gasteiger charge is -2.25. The zero-order valence-electron chi connectivity index (χ0n) is 10.3. The number of carbonyl (C=O) groups is 1. The van der Waals surface area contributed by atoms with Gasteiger partial charge in [0.15, 0.2) is 5.78 Å². The smallest absolute Gasteiger partial charge is 0.168 e. The van der Waals surface area contributed by atoms with Crippen LogP contribution in [0.2, 0.25) is 0 Å². The second-order valence-corrected chi connectivity index (χ2v) is 5.55. The summed E-state index contributed by atoms with van der Waals surface area (Å²) in [6.45, 7) is 6.38. The van der Waals surface area contributed by atoms with E-state index in [9.17, 15) is 4.79 Å². The zero-order valence-corrected chi connectivity index (χ0v) is 10.3. The van der Waals surface area contributed by atoms with Gasteiger partial charge in [-0.3, -0.25) is 9.78 Å². The van der Waals surface area contributed by atoms with E-state index in [0.717, 1.165) is 24.0 Å². The summed E-state index contributed by atoms with van der Waals surface area (Å²) in [5.74, 6) is 0.454. The highest BCUT2D eigenvalue weighted by Crippen LogP contribution is 2.44. The summed E-state index contributed by atoms with van der Waals surface area (Å²) in [6, 6.07) is 1.95. The summed E-state index contributed by atoms with van der Waals surface area (Å²) < 4.78 is 0. The molecule has 1 saturated carbocycles. The average molecular weight is 217 g/mol. The Bertz CT molecular complexity index is 409. The lowest BCUT2D eigenvalue weighted by atomic mass is 9.78. The maximum atomic E-state index is 12.4. The lowest BCUT2D eigenvalue weighted by molar-refractivity contribution is 0.0838. The van der Waals surface area contributed by atoms with Crippen LogP contribution < -0.4 is 0 Å². The molecule has 0 radical (unpaired) electrons. The summed E-state index contributed by atoms with van der Waals surface area (Å²) in [6.07, 6.45) is 6.84. The third-order valence-corrected chi connectivity index (χ3v) is 3.73. The van der Waals surface area contributed by atoms with Gasteiger partial charge in [-0.15, -0.1) is 0 Å². The number of nitrogens with zero attached hydrogens (tertiary/aromatic N) is 1. The van der Waals surface area contributed by atoms with Gasteiger partial charge in [0.1, 0.15) is 0 Å². The number of ketones is 1. The Kier molecular flexibility index (Phi) is 2.83. The molecule has 2 nitrogen and oxygen atoms in total. The molecule has 0 N–H and O–H groups in total. The molecule has 2 heteroatoms. The number of aromatic nitrogens is 1. The van der Waals surface area contributed by atoms with Crippen molar-refractivity contribution in [1.82, 2.24) is 4.98 Å². The van der Waals surface area contributed by atoms with E-state index in [2.05, 4.69) is 18.8 Å². The van der Waals surface area contributed by atoms with Gasteiger partial charge in [0.25, 0.3) is 0 Å². The topological polar surface area (TPSA) is 30.0 Å². The quantitative estimate of drug-likeness (QED) is 0.711. The van der Waals surface area contributed by atoms with Crippen molar-refractivity contribution in [2.24, 2.45) is 11.3 Å². The van der Waals surface area contributed by atoms with Gasteiger partial charge in [-0.1, -0.05) is 20.3 Å². The molecule has 1 heterocycles. The molecule has 1 unspecified atom stereocenters. The van der Waals surface area contributed by atoms with E-state index in [0.29, 0.717) is 0 Å². The molecule has 0 spiro atoms. The maximum absolute atomic E-state index is 12.4. The van der Waals surface area contributed by atoms with Gasteiger partial charge in [-0.05, 0) is 36.8 Å². The number of hydrogen-bond donors (Lipinski definition) is 0. The normalized spacial score (nSPS) is 23.3. The van der Waals surface area contributed by atoms with E-state index in [4.69, 9.17) is 0 Å². The minimum atomic E-state index is 0.154. The maximum Gasteiger partial charge on any atom is 0.168 e. The van der Waals surface area contributed by atoms with Crippen LogP contribution in [-0.2, 0) is 0 Å². The number of carbonyl (C=O) groups excluding carboxylic acids is 1. The largest absolute Gasteiger partial charge is 0.294 e. The third kappa shape index (κ3) is 2.01. The van der Waals surface area contributed by atoms with Gasteiger partial charge in [0, 0.05) is 23.9 Å². The minimum Gasteiger partial charge on any atom is -0.294 e. The van der Waals surface area contributed by atoms with Crippen LogP contribution in [0.25, 0.3) is 0 Å². The summed E-state index contributed by atoms with van der Waals surface area (Å²) in [7, 11) is 0. The van der Waals surface area contributed by atoms with Gasteiger partial charge in [-0.2, -0.15) is 0 Å². The third-order valence-electron chi connectivity index (χ3n) is 3.73. The van der Waals surface area contributed by atoms with Crippen LogP contribution in [-0.4, -0.2) is 10.8 Å². The molecule has 1 aliphatic rings. The van der Waals surface area contributed by atoms with Crippen LogP contribution in [0, 0.1) is 18.3 Å². The molecule has 0 bridgehead atoms. The first-order chi connectivity index (χ1) is 7.50. The van der Waals surface area contributed by atoms with Gasteiger partial charge in [0.05, 0.1) is 0 Å². The molecule has 0 amide bonds. The predicted molar refractivity (Wildman–Crippen MR) is 64.4 cm³/mol. The molecule has 1 atom stereocenters. The molecular formula is C14H19NO. The summed E-state index contributed by atoms with van der Waals surface area (Å²) >= 11 is 0. The Hall–Kier alpha value is -1.18. The molecule has 1 aromatic heterocycles. The van der Waals surface area contributed by atoms with Crippen LogP contribution in [0.4, 0.5) is 0 Å². The standard InChI is InChI=1S/C14H19NO/c1-10-7-11(9-15-8-10)13(16)12-5-4-6-14(12,2)3/h7-9,12H,4-6H2,1-3H3. The van der Waals surface area contributed by atoms with Crippen molar-refractivity contribution in [3.05, 3.63) is 29.6 Å². The van der Waals surface area contributed by atoms with Gasteiger partial charge >= 0.3 is 0 Å². The monoisotopic (exact) mass is 217 g/mol. The van der Waals surface area contributed by atoms with E-state index in [1.807, 2.05) is 13.0 Å². The number of aryl methyl sites for hydroxylation is 1. The van der Waals surface area contributed by atoms with Gasteiger partial charge in [-0.25, -0.2) is 0 Å². The Morgan fingerprint density at radius 2 is 2.19 bits per heavy atom. The van der Waals surface area contributed by atoms with Crippen molar-refractivity contribution < 1.29 is 4.79 Å². The van der Waals surface area contributed by atoms with E-state index in [1.54, 1.807) is 12.4 Å². The minimum absolute atomic E-state index is 0.154. The molecule has 0 aliphatic heterocycles. The fourth-order valence-corrected chi connectivity index (χ4v) is 2.70. The van der Waals surface area contributed by atoms with Crippen molar-refractivity contribution in [2.45, 2.75) is 40.0 Å². The van der Waals surface area contributed by atoms with Crippen LogP contribution >= 0.6 is 0 Å². The number of hydrogen-bond acceptors (Lipinski definition) is 2. The second kappa shape index (κ2) is 4.00. The molecule has 1 aromatic rings. The lowest BCUT2D eigenvalue weighted by Crippen LogP contribution is -2.26. The van der Waals surface area contributed by atoms with E-state index in [1.165, 1.54) is 6.42 Å². The fourth-order valence-electron chi connectivity index (χ4n) is 2.70. The van der Waals surface area contributed by atoms with Crippen molar-refractivity contribution in [2.75, 3.05) is 0 Å². The Morgan fingerprint density at radius 1 is 1.44 bits per heavy atom. The number of rotatable bonds is 2. The molecular weight excluding hydrogens is 198 g/mol. The summed E-state index contributed by atoms with van der Waals surface area (Å²) in [5, 5.41) is 0. The highest BCUT2D eigenvalue weighted by atomic mass is 16.1. The molecule has 1 aliphatic carbocycles. The van der Waals surface area contributed by atoms with Crippen molar-refractivity contribution in [3.8, 4) is 0 Å². The first-order valence-electron chi connectivity index (χ1n) is 5.96. The van der Waals surface area contributed by atoms with Gasteiger partial charge < -0.3 is 0 Å². The SMILES string of the molecule is Cc1cncc(C(=O)C2CCCC2(C)C)c1. The molecule has 16 heavy (non-hydrogen) atoms. The van der Waals surface area contributed by atoms with Crippen molar-refractivity contribution in [3.63, 3.8) is 0 Å². The van der Waals surface area contributed by atoms with E-state index in [-0.39, 0.29) is 17.1 Å². The number of Topliss-reactive ketones (excluding diaryl/α,β-unsaturated/α-hetero) is 1. The summed E-state index contributed by atoms with van der Waals surface area (Å²) in [4.78, 5) is 16.5. The number of pyridine rings is 1. The van der Waals surface area contributed by atoms with Crippen LogP contribution in [0.5, 0.6) is 0 Å². The van der Waals surface area contributed by atoms with Crippen molar-refractivity contribution >= 4 is 5.78 Å². The molecule has 2 rings (SSSR count). The molecule has 0 saturated heterocycles. The first-order valence-corrected chi connectivity index (χ1v) is 5.96. The van der Waals surface area contributed by atoms with E-state index >= 15 is 0 Å². The van der Waals surface area contributed by atoms with Crippen LogP contribution in [0.15, 0.2) is 18.5 Å². The Balaban J connectivity index is 2.26. The zero-order chi connectivity index (χ0) is 11.8. The highest BCUT2D eigenvalue weighted by molar-refractivity contribution is 5.98. The van der Waals surface area contributed by atoms with Crippen LogP contribution in [0.3, 0.4) is 0 Å². The molecule has 1 fully saturated rings. The predicted octanol–water partition coefficient (Wildman–Crippen LogP) is 3.40. The Labute approximate surface area is 97.1 Å². The molecule has 0 aromatic carbocycles. The first kappa shape index (κ1) is 11.3. The van der Waals surface area contributed by atoms with E-state index < -0.39 is 0 Å². The van der Waals surface area contributed by atoms with Crippen LogP contribution in [0.1, 0.15) is 49.0 Å². The molecule has 86 valence electrons.